The molecule has 0 aliphatic carbocycles. The van der Waals surface area contributed by atoms with Crippen molar-refractivity contribution in [2.45, 2.75) is 11.4 Å². The van der Waals surface area contributed by atoms with E-state index in [0.29, 0.717) is 5.56 Å². The van der Waals surface area contributed by atoms with Crippen LogP contribution >= 0.6 is 0 Å². The zero-order valence-corrected chi connectivity index (χ0v) is 11.4. The SMILES string of the molecule is CN(Cc1cn[nH]c1)S(=O)(=O)c1ccc(F)c(C#N)c1. The average molecular weight is 294 g/mol. The smallest absolute Gasteiger partial charge is 0.243 e. The highest BCUT2D eigenvalue weighted by Crippen LogP contribution is 2.19. The summed E-state index contributed by atoms with van der Waals surface area (Å²) in [6.45, 7) is 0.123. The standard InChI is InChI=1S/C12H11FN4O2S/c1-17(8-9-6-15-16-7-9)20(18,19)11-2-3-12(13)10(4-11)5-14/h2-4,6-7H,8H2,1H3,(H,15,16). The number of aromatic nitrogens is 2. The summed E-state index contributed by atoms with van der Waals surface area (Å²) >= 11 is 0. The van der Waals surface area contributed by atoms with Crippen LogP contribution in [0.25, 0.3) is 0 Å². The molecule has 2 rings (SSSR count). The molecule has 0 spiro atoms. The van der Waals surface area contributed by atoms with Crippen molar-refractivity contribution < 1.29 is 12.8 Å². The molecule has 0 aliphatic rings. The highest BCUT2D eigenvalue weighted by molar-refractivity contribution is 7.89. The molecule has 1 N–H and O–H groups in total. The summed E-state index contributed by atoms with van der Waals surface area (Å²) in [6.07, 6.45) is 3.09. The molecule has 0 amide bonds. The first kappa shape index (κ1) is 14.2. The van der Waals surface area contributed by atoms with Crippen LogP contribution in [0.15, 0.2) is 35.5 Å². The third-order valence-corrected chi connectivity index (χ3v) is 4.53. The molecule has 0 saturated heterocycles. The third-order valence-electron chi connectivity index (χ3n) is 2.73. The minimum absolute atomic E-state index is 0.123. The van der Waals surface area contributed by atoms with Crippen LogP contribution in [0, 0.1) is 17.1 Å². The molecule has 0 atom stereocenters. The Morgan fingerprint density at radius 2 is 2.25 bits per heavy atom. The summed E-state index contributed by atoms with van der Waals surface area (Å²) < 4.78 is 38.9. The zero-order valence-electron chi connectivity index (χ0n) is 10.5. The van der Waals surface area contributed by atoms with Crippen molar-refractivity contribution in [1.29, 1.82) is 5.26 Å². The van der Waals surface area contributed by atoms with Crippen molar-refractivity contribution in [3.63, 3.8) is 0 Å². The zero-order chi connectivity index (χ0) is 14.8. The number of H-pyrrole nitrogens is 1. The van der Waals surface area contributed by atoms with Crippen molar-refractivity contribution in [3.05, 3.63) is 47.5 Å². The van der Waals surface area contributed by atoms with Gasteiger partial charge in [0.25, 0.3) is 0 Å². The Morgan fingerprint density at radius 1 is 1.50 bits per heavy atom. The molecule has 0 saturated carbocycles. The normalized spacial score (nSPS) is 11.5. The fourth-order valence-corrected chi connectivity index (χ4v) is 2.82. The fraction of sp³-hybridized carbons (Fsp3) is 0.167. The molecular weight excluding hydrogens is 283 g/mol. The molecule has 20 heavy (non-hydrogen) atoms. The van der Waals surface area contributed by atoms with Crippen molar-refractivity contribution in [1.82, 2.24) is 14.5 Å². The van der Waals surface area contributed by atoms with Gasteiger partial charge in [-0.25, -0.2) is 12.8 Å². The van der Waals surface area contributed by atoms with Crippen LogP contribution in [0.1, 0.15) is 11.1 Å². The fourth-order valence-electron chi connectivity index (χ4n) is 1.64. The van der Waals surface area contributed by atoms with Crippen LogP contribution in [-0.2, 0) is 16.6 Å². The van der Waals surface area contributed by atoms with Gasteiger partial charge in [-0.2, -0.15) is 14.7 Å². The number of hydrogen-bond acceptors (Lipinski definition) is 4. The van der Waals surface area contributed by atoms with Crippen molar-refractivity contribution in [2.75, 3.05) is 7.05 Å². The third kappa shape index (κ3) is 2.68. The predicted octanol–water partition coefficient (Wildman–Crippen LogP) is 1.24. The van der Waals surface area contributed by atoms with Crippen molar-refractivity contribution >= 4 is 10.0 Å². The highest BCUT2D eigenvalue weighted by Gasteiger charge is 2.22. The number of nitriles is 1. The molecule has 8 heteroatoms. The van der Waals surface area contributed by atoms with Crippen LogP contribution in [0.4, 0.5) is 4.39 Å². The molecule has 0 radical (unpaired) electrons. The summed E-state index contributed by atoms with van der Waals surface area (Å²) in [5.41, 5.74) is 0.390. The van der Waals surface area contributed by atoms with Gasteiger partial charge >= 0.3 is 0 Å². The summed E-state index contributed by atoms with van der Waals surface area (Å²) in [5, 5.41) is 15.1. The van der Waals surface area contributed by atoms with Crippen LogP contribution in [0.3, 0.4) is 0 Å². The van der Waals surface area contributed by atoms with Gasteiger partial charge in [-0.15, -0.1) is 0 Å². The number of rotatable bonds is 4. The Hall–Kier alpha value is -2.24. The van der Waals surface area contributed by atoms with Gasteiger partial charge in [-0.1, -0.05) is 0 Å². The molecule has 6 nitrogen and oxygen atoms in total. The maximum absolute atomic E-state index is 13.2. The molecule has 104 valence electrons. The molecule has 0 fully saturated rings. The molecule has 0 bridgehead atoms. The van der Waals surface area contributed by atoms with E-state index in [1.54, 1.807) is 12.3 Å². The van der Waals surface area contributed by atoms with Gasteiger partial charge in [0.05, 0.1) is 16.7 Å². The van der Waals surface area contributed by atoms with E-state index >= 15 is 0 Å². The number of sulfonamides is 1. The van der Waals surface area contributed by atoms with E-state index in [4.69, 9.17) is 5.26 Å². The van der Waals surface area contributed by atoms with Gasteiger partial charge in [0.1, 0.15) is 11.9 Å². The van der Waals surface area contributed by atoms with Crippen molar-refractivity contribution in [3.8, 4) is 6.07 Å². The second-order valence-electron chi connectivity index (χ2n) is 4.12. The van der Waals surface area contributed by atoms with E-state index in [0.717, 1.165) is 22.5 Å². The Morgan fingerprint density at radius 3 is 2.85 bits per heavy atom. The largest absolute Gasteiger partial charge is 0.285 e. The first-order valence-electron chi connectivity index (χ1n) is 5.59. The lowest BCUT2D eigenvalue weighted by atomic mass is 10.2. The molecule has 1 aromatic carbocycles. The molecule has 0 aliphatic heterocycles. The van der Waals surface area contributed by atoms with Crippen LogP contribution < -0.4 is 0 Å². The highest BCUT2D eigenvalue weighted by atomic mass is 32.2. The van der Waals surface area contributed by atoms with Gasteiger partial charge in [-0.05, 0) is 18.2 Å². The second-order valence-corrected chi connectivity index (χ2v) is 6.17. The van der Waals surface area contributed by atoms with Gasteiger partial charge in [-0.3, -0.25) is 5.10 Å². The summed E-state index contributed by atoms with van der Waals surface area (Å²) in [7, 11) is -2.39. The number of nitrogens with zero attached hydrogens (tertiary/aromatic N) is 3. The Balaban J connectivity index is 2.33. The summed E-state index contributed by atoms with van der Waals surface area (Å²) in [6, 6.07) is 4.75. The van der Waals surface area contributed by atoms with Gasteiger partial charge in [0.15, 0.2) is 0 Å². The lowest BCUT2D eigenvalue weighted by molar-refractivity contribution is 0.466. The van der Waals surface area contributed by atoms with Crippen LogP contribution in [0.2, 0.25) is 0 Å². The molecule has 0 unspecified atom stereocenters. The lowest BCUT2D eigenvalue weighted by Gasteiger charge is -2.16. The van der Waals surface area contributed by atoms with Gasteiger partial charge < -0.3 is 0 Å². The first-order valence-corrected chi connectivity index (χ1v) is 7.03. The van der Waals surface area contributed by atoms with Gasteiger partial charge in [0.2, 0.25) is 10.0 Å². The van der Waals surface area contributed by atoms with E-state index in [1.165, 1.54) is 13.2 Å². The number of halogens is 1. The number of benzene rings is 1. The number of hydrogen-bond donors (Lipinski definition) is 1. The Bertz CT molecular complexity index is 750. The van der Waals surface area contributed by atoms with Gasteiger partial charge in [0, 0.05) is 25.4 Å². The first-order chi connectivity index (χ1) is 9.45. The molecule has 1 heterocycles. The minimum Gasteiger partial charge on any atom is -0.285 e. The quantitative estimate of drug-likeness (QED) is 0.918. The van der Waals surface area contributed by atoms with E-state index in [2.05, 4.69) is 10.2 Å². The molecule has 1 aromatic heterocycles. The number of nitrogens with one attached hydrogen (secondary N) is 1. The Kier molecular flexibility index (Phi) is 3.83. The van der Waals surface area contributed by atoms with E-state index < -0.39 is 15.8 Å². The second kappa shape index (κ2) is 5.40. The monoisotopic (exact) mass is 294 g/mol. The van der Waals surface area contributed by atoms with E-state index in [1.807, 2.05) is 0 Å². The van der Waals surface area contributed by atoms with Crippen LogP contribution in [-0.4, -0.2) is 30.0 Å². The Labute approximate surface area is 115 Å². The maximum atomic E-state index is 13.2. The summed E-state index contributed by atoms with van der Waals surface area (Å²) in [5.74, 6) is -0.746. The average Bonchev–Trinajstić information content (AvgIpc) is 2.91. The number of aromatic amines is 1. The maximum Gasteiger partial charge on any atom is 0.243 e. The van der Waals surface area contributed by atoms with Crippen LogP contribution in [0.5, 0.6) is 0 Å². The topological polar surface area (TPSA) is 89.8 Å². The molecule has 2 aromatic rings. The summed E-state index contributed by atoms with van der Waals surface area (Å²) in [4.78, 5) is -0.124. The predicted molar refractivity (Wildman–Crippen MR) is 68.4 cm³/mol. The molecular formula is C12H11FN4O2S. The lowest BCUT2D eigenvalue weighted by Crippen LogP contribution is -2.26. The van der Waals surface area contributed by atoms with Crippen molar-refractivity contribution in [2.24, 2.45) is 0 Å². The van der Waals surface area contributed by atoms with E-state index in [-0.39, 0.29) is 17.0 Å². The minimum atomic E-state index is -3.79. The van der Waals surface area contributed by atoms with E-state index in [9.17, 15) is 12.8 Å².